The van der Waals surface area contributed by atoms with Gasteiger partial charge in [0.1, 0.15) is 4.60 Å². The predicted octanol–water partition coefficient (Wildman–Crippen LogP) is 2.82. The van der Waals surface area contributed by atoms with E-state index in [1.807, 2.05) is 0 Å². The summed E-state index contributed by atoms with van der Waals surface area (Å²) in [6.07, 6.45) is -3.26. The standard InChI is InChI=1S/C10H9BrF3NO2/c11-9-7(10(12,13)14)4-6(5-15-9)8(17)2-1-3-16/h4-5,16H,1-3H2. The Morgan fingerprint density at radius 2 is 2.12 bits per heavy atom. The highest BCUT2D eigenvalue weighted by atomic mass is 79.9. The summed E-state index contributed by atoms with van der Waals surface area (Å²) in [6.45, 7) is -0.179. The third-order valence-corrected chi connectivity index (χ3v) is 2.66. The summed E-state index contributed by atoms with van der Waals surface area (Å²) in [5.41, 5.74) is -1.08. The van der Waals surface area contributed by atoms with Crippen molar-refractivity contribution < 1.29 is 23.1 Å². The van der Waals surface area contributed by atoms with Gasteiger partial charge in [-0.05, 0) is 28.4 Å². The molecule has 0 bridgehead atoms. The van der Waals surface area contributed by atoms with Crippen molar-refractivity contribution in [3.05, 3.63) is 28.0 Å². The monoisotopic (exact) mass is 311 g/mol. The number of hydrogen-bond donors (Lipinski definition) is 1. The van der Waals surface area contributed by atoms with Gasteiger partial charge in [0.25, 0.3) is 0 Å². The zero-order chi connectivity index (χ0) is 13.1. The smallest absolute Gasteiger partial charge is 0.396 e. The molecule has 0 radical (unpaired) electrons. The van der Waals surface area contributed by atoms with Gasteiger partial charge in [-0.2, -0.15) is 13.2 Å². The quantitative estimate of drug-likeness (QED) is 0.687. The predicted molar refractivity (Wildman–Crippen MR) is 57.6 cm³/mol. The van der Waals surface area contributed by atoms with Gasteiger partial charge in [0.15, 0.2) is 5.78 Å². The van der Waals surface area contributed by atoms with Crippen molar-refractivity contribution in [1.29, 1.82) is 0 Å². The number of aliphatic hydroxyl groups excluding tert-OH is 1. The number of Topliss-reactive ketones (excluding diaryl/α,β-unsaturated/α-hetero) is 1. The molecule has 1 rings (SSSR count). The van der Waals surface area contributed by atoms with Crippen molar-refractivity contribution in [2.45, 2.75) is 19.0 Å². The van der Waals surface area contributed by atoms with Crippen LogP contribution in [-0.4, -0.2) is 22.5 Å². The van der Waals surface area contributed by atoms with E-state index in [-0.39, 0.29) is 29.6 Å². The third-order valence-electron chi connectivity index (χ3n) is 2.03. The summed E-state index contributed by atoms with van der Waals surface area (Å²) in [5, 5.41) is 8.53. The van der Waals surface area contributed by atoms with Crippen LogP contribution < -0.4 is 0 Å². The number of aliphatic hydroxyl groups is 1. The highest BCUT2D eigenvalue weighted by molar-refractivity contribution is 9.10. The number of aromatic nitrogens is 1. The molecule has 1 aromatic heterocycles. The van der Waals surface area contributed by atoms with Gasteiger partial charge < -0.3 is 5.11 Å². The highest BCUT2D eigenvalue weighted by Crippen LogP contribution is 2.34. The SMILES string of the molecule is O=C(CCCO)c1cnc(Br)c(C(F)(F)F)c1. The molecule has 0 aromatic carbocycles. The fourth-order valence-corrected chi connectivity index (χ4v) is 1.62. The van der Waals surface area contributed by atoms with Gasteiger partial charge in [0, 0.05) is 24.8 Å². The Balaban J connectivity index is 3.00. The minimum absolute atomic E-state index is 0.00287. The zero-order valence-electron chi connectivity index (χ0n) is 8.59. The van der Waals surface area contributed by atoms with Crippen molar-refractivity contribution in [1.82, 2.24) is 4.98 Å². The van der Waals surface area contributed by atoms with Crippen LogP contribution in [0.4, 0.5) is 13.2 Å². The molecule has 0 aliphatic rings. The van der Waals surface area contributed by atoms with Gasteiger partial charge in [0.05, 0.1) is 5.56 Å². The molecule has 1 heterocycles. The van der Waals surface area contributed by atoms with E-state index < -0.39 is 17.5 Å². The summed E-state index contributed by atoms with van der Waals surface area (Å²) >= 11 is 2.69. The van der Waals surface area contributed by atoms with Crippen LogP contribution in [0.25, 0.3) is 0 Å². The maximum absolute atomic E-state index is 12.5. The summed E-state index contributed by atoms with van der Waals surface area (Å²) in [5.74, 6) is -0.468. The molecule has 7 heteroatoms. The summed E-state index contributed by atoms with van der Waals surface area (Å²) in [6, 6.07) is 0.761. The summed E-state index contributed by atoms with van der Waals surface area (Å²) in [7, 11) is 0. The molecule has 0 unspecified atom stereocenters. The number of alkyl halides is 3. The van der Waals surface area contributed by atoms with E-state index in [0.717, 1.165) is 12.3 Å². The van der Waals surface area contributed by atoms with Gasteiger partial charge in [-0.25, -0.2) is 4.98 Å². The molecule has 0 spiro atoms. The molecule has 17 heavy (non-hydrogen) atoms. The maximum Gasteiger partial charge on any atom is 0.419 e. The van der Waals surface area contributed by atoms with Crippen molar-refractivity contribution in [3.8, 4) is 0 Å². The average molecular weight is 312 g/mol. The molecule has 1 aromatic rings. The average Bonchev–Trinajstić information content (AvgIpc) is 2.25. The fourth-order valence-electron chi connectivity index (χ4n) is 1.18. The van der Waals surface area contributed by atoms with E-state index in [1.54, 1.807) is 0 Å². The number of pyridine rings is 1. The van der Waals surface area contributed by atoms with Crippen molar-refractivity contribution in [2.24, 2.45) is 0 Å². The molecule has 0 saturated carbocycles. The number of ketones is 1. The van der Waals surface area contributed by atoms with Gasteiger partial charge in [-0.3, -0.25) is 4.79 Å². The Morgan fingerprint density at radius 1 is 1.47 bits per heavy atom. The number of rotatable bonds is 4. The second-order valence-corrected chi connectivity index (χ2v) is 4.06. The lowest BCUT2D eigenvalue weighted by atomic mass is 10.1. The zero-order valence-corrected chi connectivity index (χ0v) is 10.2. The molecule has 0 aliphatic carbocycles. The van der Waals surface area contributed by atoms with E-state index in [2.05, 4.69) is 20.9 Å². The molecule has 1 N–H and O–H groups in total. The molecular formula is C10H9BrF3NO2. The largest absolute Gasteiger partial charge is 0.419 e. The van der Waals surface area contributed by atoms with Crippen LogP contribution in [0.3, 0.4) is 0 Å². The van der Waals surface area contributed by atoms with Crippen LogP contribution >= 0.6 is 15.9 Å². The molecule has 0 saturated heterocycles. The van der Waals surface area contributed by atoms with Gasteiger partial charge in [-0.1, -0.05) is 0 Å². The first-order valence-electron chi connectivity index (χ1n) is 4.73. The molecular weight excluding hydrogens is 303 g/mol. The molecule has 0 atom stereocenters. The van der Waals surface area contributed by atoms with Crippen LogP contribution in [0.1, 0.15) is 28.8 Å². The summed E-state index contributed by atoms with van der Waals surface area (Å²) in [4.78, 5) is 14.9. The number of hydrogen-bond acceptors (Lipinski definition) is 3. The normalized spacial score (nSPS) is 11.6. The molecule has 94 valence electrons. The van der Waals surface area contributed by atoms with E-state index in [9.17, 15) is 18.0 Å². The lowest BCUT2D eigenvalue weighted by Gasteiger charge is -2.09. The van der Waals surface area contributed by atoms with Crippen LogP contribution in [0.5, 0.6) is 0 Å². The van der Waals surface area contributed by atoms with Crippen LogP contribution in [0.15, 0.2) is 16.9 Å². The van der Waals surface area contributed by atoms with E-state index >= 15 is 0 Å². The molecule has 3 nitrogen and oxygen atoms in total. The first-order chi connectivity index (χ1) is 7.86. The number of carbonyl (C=O) groups excluding carboxylic acids is 1. The van der Waals surface area contributed by atoms with Gasteiger partial charge >= 0.3 is 6.18 Å². The lowest BCUT2D eigenvalue weighted by molar-refractivity contribution is -0.138. The van der Waals surface area contributed by atoms with Crippen LogP contribution in [-0.2, 0) is 6.18 Å². The number of halogens is 4. The van der Waals surface area contributed by atoms with Gasteiger partial charge in [0.2, 0.25) is 0 Å². The van der Waals surface area contributed by atoms with Crippen molar-refractivity contribution in [2.75, 3.05) is 6.61 Å². The second kappa shape index (κ2) is 5.59. The Hall–Kier alpha value is -0.950. The summed E-state index contributed by atoms with van der Waals surface area (Å²) < 4.78 is 37.2. The first kappa shape index (κ1) is 14.1. The van der Waals surface area contributed by atoms with Gasteiger partial charge in [-0.15, -0.1) is 0 Å². The Labute approximate surface area is 104 Å². The first-order valence-corrected chi connectivity index (χ1v) is 5.52. The molecule has 0 amide bonds. The number of nitrogens with zero attached hydrogens (tertiary/aromatic N) is 1. The topological polar surface area (TPSA) is 50.2 Å². The third kappa shape index (κ3) is 3.78. The second-order valence-electron chi connectivity index (χ2n) is 3.31. The van der Waals surface area contributed by atoms with Crippen LogP contribution in [0.2, 0.25) is 0 Å². The Morgan fingerprint density at radius 3 is 2.65 bits per heavy atom. The van der Waals surface area contributed by atoms with Crippen molar-refractivity contribution >= 4 is 21.7 Å². The minimum Gasteiger partial charge on any atom is -0.396 e. The lowest BCUT2D eigenvalue weighted by Crippen LogP contribution is -2.10. The minimum atomic E-state index is -4.56. The van der Waals surface area contributed by atoms with E-state index in [0.29, 0.717) is 0 Å². The van der Waals surface area contributed by atoms with E-state index in [4.69, 9.17) is 5.11 Å². The Bertz CT molecular complexity index is 421. The van der Waals surface area contributed by atoms with Crippen molar-refractivity contribution in [3.63, 3.8) is 0 Å². The Kier molecular flexibility index (Phi) is 4.64. The highest BCUT2D eigenvalue weighted by Gasteiger charge is 2.34. The fraction of sp³-hybridized carbons (Fsp3) is 0.400. The maximum atomic E-state index is 12.5. The van der Waals surface area contributed by atoms with E-state index in [1.165, 1.54) is 0 Å². The van der Waals surface area contributed by atoms with Crippen LogP contribution in [0, 0.1) is 0 Å². The number of carbonyl (C=O) groups is 1. The molecule has 0 fully saturated rings. The molecule has 0 aliphatic heterocycles.